The first-order valence-electron chi connectivity index (χ1n) is 11.8. The summed E-state index contributed by atoms with van der Waals surface area (Å²) in [5, 5.41) is 10.6. The summed E-state index contributed by atoms with van der Waals surface area (Å²) in [5.41, 5.74) is 9.73. The molecular weight excluding hydrogens is 469 g/mol. The van der Waals surface area contributed by atoms with Crippen LogP contribution in [-0.2, 0) is 16.8 Å². The van der Waals surface area contributed by atoms with E-state index in [2.05, 4.69) is 15.0 Å². The van der Waals surface area contributed by atoms with Crippen LogP contribution >= 0.6 is 11.6 Å². The van der Waals surface area contributed by atoms with E-state index >= 15 is 0 Å². The predicted molar refractivity (Wildman–Crippen MR) is 131 cm³/mol. The molecule has 2 unspecified atom stereocenters. The number of nitrogen functional groups attached to an aromatic ring is 1. The van der Waals surface area contributed by atoms with Gasteiger partial charge in [0.2, 0.25) is 5.91 Å². The number of rotatable bonds is 3. The quantitative estimate of drug-likeness (QED) is 0.465. The van der Waals surface area contributed by atoms with Crippen LogP contribution < -0.4 is 5.73 Å². The van der Waals surface area contributed by atoms with E-state index < -0.39 is 11.4 Å². The van der Waals surface area contributed by atoms with Crippen LogP contribution in [0.5, 0.6) is 0 Å². The Morgan fingerprint density at radius 1 is 1.29 bits per heavy atom. The van der Waals surface area contributed by atoms with Crippen molar-refractivity contribution in [3.63, 3.8) is 0 Å². The zero-order chi connectivity index (χ0) is 24.5. The number of halogens is 2. The van der Waals surface area contributed by atoms with Crippen LogP contribution in [0.25, 0.3) is 16.8 Å². The Labute approximate surface area is 206 Å². The third-order valence-corrected chi connectivity index (χ3v) is 7.88. The van der Waals surface area contributed by atoms with E-state index in [0.717, 1.165) is 41.9 Å². The van der Waals surface area contributed by atoms with Crippen molar-refractivity contribution >= 4 is 28.8 Å². The van der Waals surface area contributed by atoms with Gasteiger partial charge in [-0.05, 0) is 68.4 Å². The molecule has 2 aliphatic heterocycles. The number of aromatic amines is 1. The Kier molecular flexibility index (Phi) is 5.02. The van der Waals surface area contributed by atoms with E-state index in [0.29, 0.717) is 24.1 Å². The highest BCUT2D eigenvalue weighted by Crippen LogP contribution is 2.45. The summed E-state index contributed by atoms with van der Waals surface area (Å²) < 4.78 is 14.8. The Morgan fingerprint density at radius 2 is 2.11 bits per heavy atom. The first kappa shape index (κ1) is 22.2. The first-order valence-corrected chi connectivity index (χ1v) is 12.1. The maximum Gasteiger partial charge on any atom is 0.247 e. The second-order valence-corrected chi connectivity index (χ2v) is 10.2. The predicted octanol–water partition coefficient (Wildman–Crippen LogP) is 4.52. The van der Waals surface area contributed by atoms with Crippen LogP contribution in [0, 0.1) is 5.82 Å². The van der Waals surface area contributed by atoms with Crippen LogP contribution in [0.1, 0.15) is 61.3 Å². The second kappa shape index (κ2) is 7.90. The highest BCUT2D eigenvalue weighted by molar-refractivity contribution is 6.31. The minimum absolute atomic E-state index is 0.0125. The molecule has 3 aromatic rings. The third-order valence-electron chi connectivity index (χ3n) is 7.59. The minimum Gasteiger partial charge on any atom is -0.398 e. The van der Waals surface area contributed by atoms with Gasteiger partial charge < -0.3 is 20.7 Å². The zero-order valence-electron chi connectivity index (χ0n) is 19.2. The van der Waals surface area contributed by atoms with E-state index in [1.54, 1.807) is 25.4 Å². The summed E-state index contributed by atoms with van der Waals surface area (Å²) in [6, 6.07) is 4.65. The lowest BCUT2D eigenvalue weighted by Crippen LogP contribution is -2.39. The van der Waals surface area contributed by atoms with Crippen molar-refractivity contribution in [2.45, 2.75) is 56.7 Å². The number of hydrogen-bond donors (Lipinski definition) is 3. The first-order chi connectivity index (χ1) is 16.7. The number of carbonyl (C=O) groups excluding carboxylic acids is 1. The smallest absolute Gasteiger partial charge is 0.247 e. The summed E-state index contributed by atoms with van der Waals surface area (Å²) in [4.78, 5) is 27.5. The number of aromatic nitrogens is 3. The van der Waals surface area contributed by atoms with Crippen LogP contribution in [-0.4, -0.2) is 36.9 Å². The number of nitrogens with one attached hydrogen (secondary N) is 1. The lowest BCUT2D eigenvalue weighted by molar-refractivity contribution is -0.129. The summed E-state index contributed by atoms with van der Waals surface area (Å²) in [6.45, 7) is 1.79. The van der Waals surface area contributed by atoms with Gasteiger partial charge in [0.1, 0.15) is 11.4 Å². The van der Waals surface area contributed by atoms with Gasteiger partial charge in [-0.15, -0.1) is 0 Å². The van der Waals surface area contributed by atoms with Crippen molar-refractivity contribution in [3.05, 3.63) is 70.2 Å². The number of anilines is 1. The third kappa shape index (κ3) is 3.46. The van der Waals surface area contributed by atoms with E-state index in [1.807, 2.05) is 11.0 Å². The second-order valence-electron chi connectivity index (χ2n) is 9.83. The number of nitrogens with zero attached hydrogens (tertiary/aromatic N) is 3. The average molecular weight is 494 g/mol. The number of carbonyl (C=O) groups is 1. The largest absolute Gasteiger partial charge is 0.398 e. The Balaban J connectivity index is 1.30. The van der Waals surface area contributed by atoms with Crippen LogP contribution in [0.3, 0.4) is 0 Å². The van der Waals surface area contributed by atoms with Gasteiger partial charge in [0, 0.05) is 35.1 Å². The molecule has 1 saturated heterocycles. The molecule has 1 aromatic carbocycles. The molecule has 4 heterocycles. The summed E-state index contributed by atoms with van der Waals surface area (Å²) in [5.74, 6) is -0.0546. The normalized spacial score (nSPS) is 25.5. The standard InChI is InChI=1S/C26H25ClFN5O2/c1-26(35)8-6-16-15(7-9-30-24(16)26)19-12-31-25(32-19)20-5-2-14-10-13(11-21(34)33(14)20)22-18(29)4-3-17(27)23(22)28/h3-4,7,9,11-12,14,20,35H,2,5-6,8,10,29H2,1H3,(H,31,32)/t14?,20-,26?/m0/s1. The molecule has 4 N–H and O–H groups in total. The number of hydrogen-bond acceptors (Lipinski definition) is 5. The van der Waals surface area contributed by atoms with Gasteiger partial charge in [0.25, 0.3) is 0 Å². The van der Waals surface area contributed by atoms with Gasteiger partial charge in [0.15, 0.2) is 5.82 Å². The molecular formula is C26H25ClFN5O2. The van der Waals surface area contributed by atoms with E-state index in [1.165, 1.54) is 12.1 Å². The molecule has 0 spiro atoms. The molecule has 3 atom stereocenters. The number of fused-ring (bicyclic) bond motifs is 2. The highest BCUT2D eigenvalue weighted by atomic mass is 35.5. The van der Waals surface area contributed by atoms with Gasteiger partial charge in [-0.3, -0.25) is 9.78 Å². The van der Waals surface area contributed by atoms with Crippen molar-refractivity contribution in [2.24, 2.45) is 0 Å². The van der Waals surface area contributed by atoms with Gasteiger partial charge >= 0.3 is 0 Å². The van der Waals surface area contributed by atoms with Crippen molar-refractivity contribution in [1.29, 1.82) is 0 Å². The fourth-order valence-corrected chi connectivity index (χ4v) is 6.04. The number of benzene rings is 1. The summed E-state index contributed by atoms with van der Waals surface area (Å²) in [6.07, 6.45) is 8.37. The fourth-order valence-electron chi connectivity index (χ4n) is 5.88. The average Bonchev–Trinajstić information content (AvgIpc) is 3.54. The molecule has 2 aromatic heterocycles. The monoisotopic (exact) mass is 493 g/mol. The Bertz CT molecular complexity index is 1400. The molecule has 3 aliphatic rings. The number of pyridine rings is 1. The molecule has 180 valence electrons. The van der Waals surface area contributed by atoms with Gasteiger partial charge in [-0.25, -0.2) is 9.37 Å². The molecule has 1 fully saturated rings. The SMILES string of the molecule is CC1(O)CCc2c(-c3cnc([C@@H]4CCC5CC(c6c(N)ccc(Cl)c6F)=CC(=O)N54)[nH]3)ccnc21. The van der Waals surface area contributed by atoms with Crippen molar-refractivity contribution in [1.82, 2.24) is 19.9 Å². The molecule has 0 radical (unpaired) electrons. The van der Waals surface area contributed by atoms with Crippen molar-refractivity contribution < 1.29 is 14.3 Å². The molecule has 6 rings (SSSR count). The Hall–Kier alpha value is -3.23. The number of aliphatic hydroxyl groups is 1. The van der Waals surface area contributed by atoms with E-state index in [4.69, 9.17) is 17.3 Å². The minimum atomic E-state index is -0.928. The molecule has 7 nitrogen and oxygen atoms in total. The number of imidazole rings is 1. The van der Waals surface area contributed by atoms with Crippen molar-refractivity contribution in [3.8, 4) is 11.3 Å². The van der Waals surface area contributed by atoms with Gasteiger partial charge in [0.05, 0.1) is 28.6 Å². The van der Waals surface area contributed by atoms with E-state index in [-0.39, 0.29) is 34.3 Å². The zero-order valence-corrected chi connectivity index (χ0v) is 19.9. The maximum absolute atomic E-state index is 14.8. The van der Waals surface area contributed by atoms with Crippen LogP contribution in [0.15, 0.2) is 36.7 Å². The molecule has 1 aliphatic carbocycles. The maximum atomic E-state index is 14.8. The van der Waals surface area contributed by atoms with Gasteiger partial charge in [-0.2, -0.15) is 0 Å². The number of H-pyrrole nitrogens is 1. The molecule has 0 saturated carbocycles. The van der Waals surface area contributed by atoms with E-state index in [9.17, 15) is 14.3 Å². The van der Waals surface area contributed by atoms with Gasteiger partial charge in [-0.1, -0.05) is 11.6 Å². The highest BCUT2D eigenvalue weighted by Gasteiger charge is 2.42. The topological polar surface area (TPSA) is 108 Å². The lowest BCUT2D eigenvalue weighted by Gasteiger charge is -2.33. The fraction of sp³-hybridized carbons (Fsp3) is 0.346. The molecule has 1 amide bonds. The lowest BCUT2D eigenvalue weighted by atomic mass is 9.92. The van der Waals surface area contributed by atoms with Crippen molar-refractivity contribution in [2.75, 3.05) is 5.73 Å². The number of nitrogens with two attached hydrogens (primary N) is 1. The molecule has 9 heteroatoms. The Morgan fingerprint density at radius 3 is 2.94 bits per heavy atom. The van der Waals surface area contributed by atoms with Crippen LogP contribution in [0.4, 0.5) is 10.1 Å². The number of amides is 1. The molecule has 0 bridgehead atoms. The summed E-state index contributed by atoms with van der Waals surface area (Å²) >= 11 is 5.98. The summed E-state index contributed by atoms with van der Waals surface area (Å²) in [7, 11) is 0. The molecule has 35 heavy (non-hydrogen) atoms. The van der Waals surface area contributed by atoms with Crippen LogP contribution in [0.2, 0.25) is 5.02 Å².